The van der Waals surface area contributed by atoms with Gasteiger partial charge in [-0.15, -0.1) is 0 Å². The highest BCUT2D eigenvalue weighted by Crippen LogP contribution is 2.28. The Balaban J connectivity index is 1.42. The van der Waals surface area contributed by atoms with Gasteiger partial charge in [-0.2, -0.15) is 0 Å². The summed E-state index contributed by atoms with van der Waals surface area (Å²) in [6.45, 7) is 0.756. The van der Waals surface area contributed by atoms with Gasteiger partial charge in [0.05, 0.1) is 12.3 Å². The van der Waals surface area contributed by atoms with E-state index in [0.29, 0.717) is 24.1 Å². The van der Waals surface area contributed by atoms with Crippen LogP contribution in [0.5, 0.6) is 0 Å². The normalized spacial score (nSPS) is 17.3. The summed E-state index contributed by atoms with van der Waals surface area (Å²) in [7, 11) is 0. The van der Waals surface area contributed by atoms with Crippen LogP contribution in [0.4, 0.5) is 0 Å². The Morgan fingerprint density at radius 3 is 2.42 bits per heavy atom. The molecule has 1 aliphatic heterocycles. The lowest BCUT2D eigenvalue weighted by atomic mass is 10.0. The third-order valence-corrected chi connectivity index (χ3v) is 6.67. The van der Waals surface area contributed by atoms with Gasteiger partial charge < -0.3 is 21.1 Å². The molecule has 0 saturated carbocycles. The molecule has 0 bridgehead atoms. The standard InChI is InChI=1S/C28H30N4O4/c29-26(30)20-10-8-19-9-11-21(14-22(19)13-20)27(35)31-17-24-15-23(16-25(33)34)28(36)32(24)12-4-7-18-5-2-1-3-6-18/h1-3,5-6,8-11,13-14,23-24H,4,7,12,15-17H2,(H3,29,30)(H,31,35)(H,33,34)/t23-,24-/m0/s1. The first-order valence-corrected chi connectivity index (χ1v) is 12.0. The first-order valence-electron chi connectivity index (χ1n) is 12.0. The van der Waals surface area contributed by atoms with Crippen LogP contribution in [0.25, 0.3) is 10.8 Å². The van der Waals surface area contributed by atoms with Crippen molar-refractivity contribution in [1.82, 2.24) is 10.2 Å². The fourth-order valence-corrected chi connectivity index (χ4v) is 4.80. The first-order chi connectivity index (χ1) is 17.3. The van der Waals surface area contributed by atoms with Crippen LogP contribution < -0.4 is 11.1 Å². The second kappa shape index (κ2) is 11.0. The fraction of sp³-hybridized carbons (Fsp3) is 0.286. The Hall–Kier alpha value is -4.20. The minimum absolute atomic E-state index is 0.0408. The molecule has 0 unspecified atom stereocenters. The van der Waals surface area contributed by atoms with Crippen LogP contribution in [-0.2, 0) is 16.0 Å². The average molecular weight is 487 g/mol. The molecule has 3 aromatic carbocycles. The Morgan fingerprint density at radius 2 is 1.72 bits per heavy atom. The molecule has 0 aliphatic carbocycles. The lowest BCUT2D eigenvalue weighted by molar-refractivity contribution is -0.142. The SMILES string of the molecule is N=C(N)c1ccc2ccc(C(=O)NC[C@@H]3C[C@@H](CC(=O)O)C(=O)N3CCCc3ccccc3)cc2c1. The Morgan fingerprint density at radius 1 is 1.03 bits per heavy atom. The Kier molecular flexibility index (Phi) is 7.63. The molecule has 2 amide bonds. The molecule has 1 fully saturated rings. The maximum Gasteiger partial charge on any atom is 0.304 e. The van der Waals surface area contributed by atoms with Crippen LogP contribution in [0.1, 0.15) is 40.7 Å². The summed E-state index contributed by atoms with van der Waals surface area (Å²) < 4.78 is 0. The number of hydrogen-bond donors (Lipinski definition) is 4. The zero-order chi connectivity index (χ0) is 25.7. The summed E-state index contributed by atoms with van der Waals surface area (Å²) in [5, 5.41) is 21.5. The molecule has 8 nitrogen and oxygen atoms in total. The number of benzene rings is 3. The summed E-state index contributed by atoms with van der Waals surface area (Å²) in [5.74, 6) is -2.05. The van der Waals surface area contributed by atoms with Crippen molar-refractivity contribution in [3.63, 3.8) is 0 Å². The molecule has 186 valence electrons. The maximum absolute atomic E-state index is 13.0. The maximum atomic E-state index is 13.0. The number of rotatable bonds is 10. The van der Waals surface area contributed by atoms with Gasteiger partial charge in [0.25, 0.3) is 5.91 Å². The van der Waals surface area contributed by atoms with Crippen molar-refractivity contribution in [1.29, 1.82) is 5.41 Å². The quantitative estimate of drug-likeness (QED) is 0.258. The van der Waals surface area contributed by atoms with E-state index < -0.39 is 11.9 Å². The summed E-state index contributed by atoms with van der Waals surface area (Å²) >= 11 is 0. The summed E-state index contributed by atoms with van der Waals surface area (Å²) in [5.41, 5.74) is 7.82. The van der Waals surface area contributed by atoms with Crippen LogP contribution in [0.3, 0.4) is 0 Å². The molecule has 5 N–H and O–H groups in total. The first kappa shape index (κ1) is 24.9. The van der Waals surface area contributed by atoms with Crippen LogP contribution >= 0.6 is 0 Å². The van der Waals surface area contributed by atoms with E-state index in [1.165, 1.54) is 5.56 Å². The molecular formula is C28H30N4O4. The molecule has 0 radical (unpaired) electrons. The molecule has 0 aromatic heterocycles. The van der Waals surface area contributed by atoms with Crippen molar-refractivity contribution in [3.8, 4) is 0 Å². The highest BCUT2D eigenvalue weighted by Gasteiger charge is 2.40. The van der Waals surface area contributed by atoms with Crippen LogP contribution in [-0.4, -0.2) is 52.8 Å². The third-order valence-electron chi connectivity index (χ3n) is 6.67. The summed E-state index contributed by atoms with van der Waals surface area (Å²) in [4.78, 5) is 38.9. The third kappa shape index (κ3) is 5.89. The van der Waals surface area contributed by atoms with E-state index in [2.05, 4.69) is 5.32 Å². The number of carboxylic acids is 1. The zero-order valence-corrected chi connectivity index (χ0v) is 19.9. The summed E-state index contributed by atoms with van der Waals surface area (Å²) in [6.07, 6.45) is 1.76. The fourth-order valence-electron chi connectivity index (χ4n) is 4.80. The van der Waals surface area contributed by atoms with E-state index >= 15 is 0 Å². The van der Waals surface area contributed by atoms with E-state index in [1.807, 2.05) is 42.5 Å². The minimum Gasteiger partial charge on any atom is -0.481 e. The lowest BCUT2D eigenvalue weighted by Gasteiger charge is -2.25. The minimum atomic E-state index is -0.997. The number of aryl methyl sites for hydroxylation is 1. The van der Waals surface area contributed by atoms with Gasteiger partial charge in [0.1, 0.15) is 5.84 Å². The van der Waals surface area contributed by atoms with Crippen molar-refractivity contribution in [3.05, 3.63) is 83.4 Å². The van der Waals surface area contributed by atoms with Gasteiger partial charge in [-0.3, -0.25) is 19.8 Å². The number of amides is 2. The molecular weight excluding hydrogens is 456 g/mol. The van der Waals surface area contributed by atoms with E-state index in [-0.39, 0.29) is 36.7 Å². The summed E-state index contributed by atoms with van der Waals surface area (Å²) in [6, 6.07) is 20.5. The van der Waals surface area contributed by atoms with E-state index in [0.717, 1.165) is 23.6 Å². The van der Waals surface area contributed by atoms with Crippen molar-refractivity contribution in [2.45, 2.75) is 31.7 Å². The van der Waals surface area contributed by atoms with Crippen LogP contribution in [0.15, 0.2) is 66.7 Å². The predicted molar refractivity (Wildman–Crippen MR) is 138 cm³/mol. The molecule has 4 rings (SSSR count). The lowest BCUT2D eigenvalue weighted by Crippen LogP contribution is -2.42. The highest BCUT2D eigenvalue weighted by atomic mass is 16.4. The van der Waals surface area contributed by atoms with Crippen molar-refractivity contribution in [2.24, 2.45) is 11.7 Å². The number of amidine groups is 1. The van der Waals surface area contributed by atoms with Gasteiger partial charge in [-0.1, -0.05) is 48.5 Å². The van der Waals surface area contributed by atoms with Crippen molar-refractivity contribution >= 4 is 34.4 Å². The van der Waals surface area contributed by atoms with E-state index in [4.69, 9.17) is 11.1 Å². The number of hydrogen-bond acceptors (Lipinski definition) is 4. The van der Waals surface area contributed by atoms with Gasteiger partial charge in [0.2, 0.25) is 5.91 Å². The topological polar surface area (TPSA) is 137 Å². The predicted octanol–water partition coefficient (Wildman–Crippen LogP) is 3.18. The van der Waals surface area contributed by atoms with Crippen LogP contribution in [0, 0.1) is 11.3 Å². The molecule has 1 aliphatic rings. The smallest absolute Gasteiger partial charge is 0.304 e. The van der Waals surface area contributed by atoms with Gasteiger partial charge in [-0.25, -0.2) is 0 Å². The second-order valence-electron chi connectivity index (χ2n) is 9.21. The number of nitrogen functional groups attached to an aromatic ring is 1. The number of fused-ring (bicyclic) bond motifs is 1. The second-order valence-corrected chi connectivity index (χ2v) is 9.21. The van der Waals surface area contributed by atoms with E-state index in [9.17, 15) is 19.5 Å². The number of carbonyl (C=O) groups excluding carboxylic acids is 2. The number of likely N-dealkylation sites (tertiary alicyclic amines) is 1. The molecule has 0 spiro atoms. The van der Waals surface area contributed by atoms with Crippen LogP contribution in [0.2, 0.25) is 0 Å². The van der Waals surface area contributed by atoms with E-state index in [1.54, 1.807) is 29.2 Å². The largest absolute Gasteiger partial charge is 0.481 e. The monoisotopic (exact) mass is 486 g/mol. The number of carboxylic acid groups (broad SMARTS) is 1. The number of aliphatic carboxylic acids is 1. The molecule has 1 saturated heterocycles. The molecule has 36 heavy (non-hydrogen) atoms. The highest BCUT2D eigenvalue weighted by molar-refractivity contribution is 6.02. The van der Waals surface area contributed by atoms with Gasteiger partial charge >= 0.3 is 5.97 Å². The molecule has 2 atom stereocenters. The van der Waals surface area contributed by atoms with Gasteiger partial charge in [0, 0.05) is 30.3 Å². The van der Waals surface area contributed by atoms with Crippen molar-refractivity contribution in [2.75, 3.05) is 13.1 Å². The average Bonchev–Trinajstić information content (AvgIpc) is 3.15. The number of nitrogens with zero attached hydrogens (tertiary/aromatic N) is 1. The number of nitrogens with two attached hydrogens (primary N) is 1. The van der Waals surface area contributed by atoms with Crippen molar-refractivity contribution < 1.29 is 19.5 Å². The Bertz CT molecular complexity index is 1290. The molecule has 1 heterocycles. The number of carbonyl (C=O) groups is 3. The van der Waals surface area contributed by atoms with Gasteiger partial charge in [-0.05, 0) is 53.8 Å². The van der Waals surface area contributed by atoms with Gasteiger partial charge in [0.15, 0.2) is 0 Å². The molecule has 3 aromatic rings. The zero-order valence-electron chi connectivity index (χ0n) is 19.9. The number of nitrogens with one attached hydrogen (secondary N) is 2. The Labute approximate surface area is 209 Å². The molecule has 8 heteroatoms.